The van der Waals surface area contributed by atoms with Crippen molar-refractivity contribution in [2.45, 2.75) is 64.1 Å². The zero-order valence-electron chi connectivity index (χ0n) is 39.0. The Kier molecular flexibility index (Phi) is 16.3. The summed E-state index contributed by atoms with van der Waals surface area (Å²) in [5, 5.41) is 2.70. The number of hydrogen-bond donors (Lipinski definition) is 3. The van der Waals surface area contributed by atoms with E-state index in [0.717, 1.165) is 22.5 Å². The van der Waals surface area contributed by atoms with Crippen LogP contribution in [0.5, 0.6) is 23.0 Å². The second kappa shape index (κ2) is 23.1. The first-order valence-electron chi connectivity index (χ1n) is 22.3. The highest BCUT2D eigenvalue weighted by Crippen LogP contribution is 2.27. The molecule has 0 saturated carbocycles. The Hall–Kier alpha value is -8.37. The maximum absolute atomic E-state index is 13.3. The zero-order valence-corrected chi connectivity index (χ0v) is 39.0. The quantitative estimate of drug-likeness (QED) is 0.0788. The van der Waals surface area contributed by atoms with Crippen molar-refractivity contribution in [1.82, 2.24) is 34.8 Å². The number of alkyl carbamates (subject to hydrolysis) is 1. The van der Waals surface area contributed by atoms with Gasteiger partial charge in [-0.2, -0.15) is 0 Å². The van der Waals surface area contributed by atoms with E-state index in [9.17, 15) is 23.2 Å². The number of nitrogens with one attached hydrogen (secondary N) is 2. The number of carbonyl (C=O) groups excluding carboxylic acids is 3. The number of ether oxygens (including phenoxy) is 3. The molecule has 4 N–H and O–H groups in total. The van der Waals surface area contributed by atoms with Crippen molar-refractivity contribution in [3.63, 3.8) is 0 Å². The van der Waals surface area contributed by atoms with E-state index in [2.05, 4.69) is 30.2 Å². The Bertz CT molecular complexity index is 2980. The van der Waals surface area contributed by atoms with Crippen LogP contribution in [-0.2, 0) is 47.1 Å². The number of carbonyl (C=O) groups is 3. The van der Waals surface area contributed by atoms with Crippen LogP contribution in [0.2, 0.25) is 0 Å². The van der Waals surface area contributed by atoms with E-state index in [4.69, 9.17) is 19.9 Å². The number of nitrogens with two attached hydrogens (primary N) is 1. The highest BCUT2D eigenvalue weighted by molar-refractivity contribution is 5.89. The van der Waals surface area contributed by atoms with Gasteiger partial charge >= 0.3 is 6.09 Å². The Morgan fingerprint density at radius 2 is 1.16 bits per heavy atom. The predicted molar refractivity (Wildman–Crippen MR) is 260 cm³/mol. The molecule has 16 heteroatoms. The van der Waals surface area contributed by atoms with Gasteiger partial charge in [0.2, 0.25) is 0 Å². The number of halogens is 2. The number of rotatable bonds is 17. The van der Waals surface area contributed by atoms with E-state index < -0.39 is 23.8 Å². The monoisotopic (exact) mass is 946 g/mol. The fourth-order valence-electron chi connectivity index (χ4n) is 6.98. The number of imidazole rings is 2. The van der Waals surface area contributed by atoms with E-state index in [1.807, 2.05) is 73.8 Å². The molecule has 4 heterocycles. The van der Waals surface area contributed by atoms with Gasteiger partial charge in [0.25, 0.3) is 0 Å². The molecule has 70 heavy (non-hydrogen) atoms. The minimum absolute atomic E-state index is 0.0207. The third-order valence-corrected chi connectivity index (χ3v) is 10.4. The first-order chi connectivity index (χ1) is 33.6. The molecule has 0 spiro atoms. The number of aryl methyl sites for hydroxylation is 1. The van der Waals surface area contributed by atoms with Crippen LogP contribution in [0.15, 0.2) is 159 Å². The molecule has 1 amide bonds. The number of aromatic nitrogens is 6. The van der Waals surface area contributed by atoms with E-state index in [-0.39, 0.29) is 42.5 Å². The number of H-pyrrole nitrogens is 1. The largest absolute Gasteiger partial charge is 0.457 e. The predicted octanol–water partition coefficient (Wildman–Crippen LogP) is 9.75. The lowest BCUT2D eigenvalue weighted by Gasteiger charge is -2.23. The number of Topliss-reactive ketones (excluding diaryl/α,β-unsaturated/α-hetero) is 2. The van der Waals surface area contributed by atoms with E-state index in [1.165, 1.54) is 24.3 Å². The Morgan fingerprint density at radius 1 is 0.671 bits per heavy atom. The smallest absolute Gasteiger partial charge is 0.408 e. The van der Waals surface area contributed by atoms with Crippen molar-refractivity contribution in [3.05, 3.63) is 193 Å². The molecule has 2 atom stereocenters. The highest BCUT2D eigenvalue weighted by Gasteiger charge is 2.26. The molecule has 14 nitrogen and oxygen atoms in total. The summed E-state index contributed by atoms with van der Waals surface area (Å²) in [6, 6.07) is 36.0. The average Bonchev–Trinajstić information content (AvgIpc) is 4.01. The van der Waals surface area contributed by atoms with Gasteiger partial charge in [0.15, 0.2) is 11.6 Å². The lowest BCUT2D eigenvalue weighted by molar-refractivity contribution is -0.121. The number of nitrogens with zero attached hydrogens (tertiary/aromatic N) is 5. The fourth-order valence-corrected chi connectivity index (χ4v) is 6.98. The van der Waals surface area contributed by atoms with Crippen molar-refractivity contribution in [2.75, 3.05) is 0 Å². The van der Waals surface area contributed by atoms with Crippen LogP contribution in [-0.4, -0.2) is 64.8 Å². The van der Waals surface area contributed by atoms with Gasteiger partial charge in [-0.15, -0.1) is 0 Å². The topological polar surface area (TPSA) is 189 Å². The normalized spacial score (nSPS) is 11.9. The van der Waals surface area contributed by atoms with Gasteiger partial charge < -0.3 is 34.8 Å². The van der Waals surface area contributed by atoms with Crippen LogP contribution in [0.4, 0.5) is 13.6 Å². The van der Waals surface area contributed by atoms with Crippen LogP contribution >= 0.6 is 0 Å². The fraction of sp³-hybridized carbons (Fsp3) is 0.204. The second-order valence-electron chi connectivity index (χ2n) is 17.3. The lowest BCUT2D eigenvalue weighted by Crippen LogP contribution is -2.45. The molecule has 0 aliphatic heterocycles. The molecular formula is C54H52F2N8O6. The molecule has 358 valence electrons. The minimum Gasteiger partial charge on any atom is -0.457 e. The average molecular weight is 947 g/mol. The van der Waals surface area contributed by atoms with Crippen molar-refractivity contribution in [2.24, 2.45) is 12.8 Å². The molecule has 0 bridgehead atoms. The molecule has 0 saturated heterocycles. The van der Waals surface area contributed by atoms with Gasteiger partial charge in [-0.3, -0.25) is 19.6 Å². The first kappa shape index (κ1) is 49.5. The molecule has 4 aromatic carbocycles. The Morgan fingerprint density at radius 3 is 1.60 bits per heavy atom. The number of aromatic amines is 1. The molecule has 8 rings (SSSR count). The molecule has 4 aromatic heterocycles. The molecule has 0 fully saturated rings. The summed E-state index contributed by atoms with van der Waals surface area (Å²) in [5.74, 6) is 1.39. The van der Waals surface area contributed by atoms with Gasteiger partial charge in [-0.25, -0.2) is 23.5 Å². The standard InChI is InChI=1S/C30H31FN4O4.C24H21FN4O2/c1-30(2,3)39-29(37)34-27(16-23-18-35(4)19-32-23)28(36)17-22-6-5-7-26(33-22)20-8-12-24(13-9-20)38-25-14-10-21(31)11-15-25;25-17-6-10-21(11-7-17)31-20-8-4-16(5-9-20)23-3-1-2-18(29-23)13-24(30)22(26)12-19-14-27-15-28-19/h5-15,18-19,27H,16-17H2,1-4H3,(H,34,37);1-11,14-15,22H,12-13,26H2,(H,27,28)/t27-;22-/m00/s1. The summed E-state index contributed by atoms with van der Waals surface area (Å²) in [7, 11) is 1.84. The number of pyridine rings is 2. The van der Waals surface area contributed by atoms with Gasteiger partial charge in [0.1, 0.15) is 40.2 Å². The summed E-state index contributed by atoms with van der Waals surface area (Å²) in [6.45, 7) is 5.29. The molecule has 8 aromatic rings. The SMILES string of the molecule is Cn1cnc(C[C@H](NC(=O)OC(C)(C)C)C(=O)Cc2cccc(-c3ccc(Oc4ccc(F)cc4)cc3)n2)c1.N[C@@H](Cc1cnc[nH]1)C(=O)Cc1cccc(-c2ccc(Oc3ccc(F)cc3)cc2)n1. The van der Waals surface area contributed by atoms with Crippen molar-refractivity contribution in [1.29, 1.82) is 0 Å². The van der Waals surface area contributed by atoms with Crippen molar-refractivity contribution >= 4 is 17.7 Å². The van der Waals surface area contributed by atoms with Crippen LogP contribution in [0.25, 0.3) is 22.5 Å². The van der Waals surface area contributed by atoms with Gasteiger partial charge in [-0.05, 0) is 142 Å². The van der Waals surface area contributed by atoms with Crippen molar-refractivity contribution in [3.8, 4) is 45.5 Å². The number of benzene rings is 4. The number of ketones is 2. The maximum atomic E-state index is 13.3. The van der Waals surface area contributed by atoms with Crippen molar-refractivity contribution < 1.29 is 37.4 Å². The third kappa shape index (κ3) is 15.1. The van der Waals surface area contributed by atoms with Crippen LogP contribution < -0.4 is 20.5 Å². The summed E-state index contributed by atoms with van der Waals surface area (Å²) >= 11 is 0. The number of amides is 1. The van der Waals surface area contributed by atoms with Gasteiger partial charge in [0, 0.05) is 60.5 Å². The molecule has 0 aliphatic carbocycles. The summed E-state index contributed by atoms with van der Waals surface area (Å²) < 4.78 is 44.8. The van der Waals surface area contributed by atoms with Crippen LogP contribution in [0, 0.1) is 11.6 Å². The van der Waals surface area contributed by atoms with Crippen LogP contribution in [0.1, 0.15) is 43.5 Å². The van der Waals surface area contributed by atoms with Gasteiger partial charge in [0.05, 0.1) is 54.7 Å². The number of hydrogen-bond acceptors (Lipinski definition) is 11. The Labute approximate surface area is 403 Å². The van der Waals surface area contributed by atoms with Gasteiger partial charge in [-0.1, -0.05) is 12.1 Å². The van der Waals surface area contributed by atoms with E-state index in [1.54, 1.807) is 92.9 Å². The molecular weight excluding hydrogens is 895 g/mol. The summed E-state index contributed by atoms with van der Waals surface area (Å²) in [6.07, 6.45) is 6.83. The second-order valence-corrected chi connectivity index (χ2v) is 17.3. The highest BCUT2D eigenvalue weighted by atomic mass is 19.1. The first-order valence-corrected chi connectivity index (χ1v) is 22.3. The minimum atomic E-state index is -0.830. The Balaban J connectivity index is 0.000000212. The van der Waals surface area contributed by atoms with E-state index >= 15 is 0 Å². The summed E-state index contributed by atoms with van der Waals surface area (Å²) in [5.41, 5.74) is 11.2. The molecule has 0 aliphatic rings. The lowest BCUT2D eigenvalue weighted by atomic mass is 10.0. The summed E-state index contributed by atoms with van der Waals surface area (Å²) in [4.78, 5) is 58.7. The van der Waals surface area contributed by atoms with Crippen LogP contribution in [0.3, 0.4) is 0 Å². The molecule has 0 radical (unpaired) electrons. The molecule has 0 unspecified atom stereocenters. The van der Waals surface area contributed by atoms with E-state index in [0.29, 0.717) is 52.2 Å². The zero-order chi connectivity index (χ0) is 49.6. The third-order valence-electron chi connectivity index (χ3n) is 10.4. The maximum Gasteiger partial charge on any atom is 0.408 e.